The SMILES string of the molecule is Cn1ncc(NC(=O)[C@@H](O)C[CH]C(C)(C)C)c1N. The molecule has 18 heavy (non-hydrogen) atoms. The summed E-state index contributed by atoms with van der Waals surface area (Å²) >= 11 is 0. The van der Waals surface area contributed by atoms with Gasteiger partial charge in [-0.2, -0.15) is 5.10 Å². The highest BCUT2D eigenvalue weighted by molar-refractivity contribution is 5.96. The maximum absolute atomic E-state index is 11.7. The van der Waals surface area contributed by atoms with Crippen molar-refractivity contribution in [2.24, 2.45) is 12.5 Å². The van der Waals surface area contributed by atoms with Crippen molar-refractivity contribution in [3.05, 3.63) is 12.6 Å². The van der Waals surface area contributed by atoms with E-state index in [0.717, 1.165) is 0 Å². The summed E-state index contributed by atoms with van der Waals surface area (Å²) in [7, 11) is 1.68. The first kappa shape index (κ1) is 14.5. The third-order valence-corrected chi connectivity index (χ3v) is 2.50. The summed E-state index contributed by atoms with van der Waals surface area (Å²) in [6.45, 7) is 6.03. The minimum absolute atomic E-state index is 0.0331. The Labute approximate surface area is 107 Å². The van der Waals surface area contributed by atoms with Crippen molar-refractivity contribution in [3.63, 3.8) is 0 Å². The smallest absolute Gasteiger partial charge is 0.253 e. The number of hydrogen-bond donors (Lipinski definition) is 3. The van der Waals surface area contributed by atoms with E-state index in [1.807, 2.05) is 27.2 Å². The second kappa shape index (κ2) is 5.39. The minimum Gasteiger partial charge on any atom is -0.383 e. The van der Waals surface area contributed by atoms with E-state index < -0.39 is 12.0 Å². The Kier molecular flexibility index (Phi) is 4.34. The highest BCUT2D eigenvalue weighted by Gasteiger charge is 2.20. The van der Waals surface area contributed by atoms with Crippen LogP contribution in [0.3, 0.4) is 0 Å². The van der Waals surface area contributed by atoms with Gasteiger partial charge in [0.25, 0.3) is 5.91 Å². The van der Waals surface area contributed by atoms with Crippen LogP contribution in [0, 0.1) is 11.8 Å². The van der Waals surface area contributed by atoms with Crippen molar-refractivity contribution in [2.45, 2.75) is 33.3 Å². The van der Waals surface area contributed by atoms with Crippen LogP contribution in [-0.4, -0.2) is 26.9 Å². The minimum atomic E-state index is -1.08. The van der Waals surface area contributed by atoms with Crippen LogP contribution in [0.4, 0.5) is 11.5 Å². The molecule has 1 rings (SSSR count). The van der Waals surface area contributed by atoms with E-state index in [9.17, 15) is 9.90 Å². The number of carbonyl (C=O) groups excluding carboxylic acids is 1. The Morgan fingerprint density at radius 1 is 1.67 bits per heavy atom. The van der Waals surface area contributed by atoms with Crippen molar-refractivity contribution < 1.29 is 9.90 Å². The van der Waals surface area contributed by atoms with Crippen molar-refractivity contribution in [1.82, 2.24) is 9.78 Å². The molecule has 1 atom stereocenters. The lowest BCUT2D eigenvalue weighted by molar-refractivity contribution is -0.124. The lowest BCUT2D eigenvalue weighted by Crippen LogP contribution is -2.29. The average molecular weight is 253 g/mol. The summed E-state index contributed by atoms with van der Waals surface area (Å²) in [6.07, 6.45) is 2.58. The average Bonchev–Trinajstić information content (AvgIpc) is 2.56. The molecular weight excluding hydrogens is 232 g/mol. The number of nitrogens with two attached hydrogens (primary N) is 1. The van der Waals surface area contributed by atoms with Gasteiger partial charge in [-0.1, -0.05) is 20.8 Å². The summed E-state index contributed by atoms with van der Waals surface area (Å²) < 4.78 is 1.45. The van der Waals surface area contributed by atoms with Crippen LogP contribution in [-0.2, 0) is 11.8 Å². The highest BCUT2D eigenvalue weighted by atomic mass is 16.3. The number of anilines is 2. The fourth-order valence-corrected chi connectivity index (χ4v) is 1.33. The third kappa shape index (κ3) is 4.03. The fourth-order valence-electron chi connectivity index (χ4n) is 1.33. The molecule has 1 aromatic rings. The molecule has 0 saturated carbocycles. The number of nitrogens with zero attached hydrogens (tertiary/aromatic N) is 2. The molecule has 0 unspecified atom stereocenters. The van der Waals surface area contributed by atoms with Gasteiger partial charge < -0.3 is 16.2 Å². The predicted octanol–water partition coefficient (Wildman–Crippen LogP) is 0.942. The van der Waals surface area contributed by atoms with Crippen LogP contribution in [0.5, 0.6) is 0 Å². The second-order valence-corrected chi connectivity index (χ2v) is 5.38. The topological polar surface area (TPSA) is 93.2 Å². The van der Waals surface area contributed by atoms with Crippen LogP contribution in [0.2, 0.25) is 0 Å². The van der Waals surface area contributed by atoms with Gasteiger partial charge in [-0.05, 0) is 18.3 Å². The number of nitrogens with one attached hydrogen (secondary N) is 1. The lowest BCUT2D eigenvalue weighted by atomic mass is 9.89. The summed E-state index contributed by atoms with van der Waals surface area (Å²) in [4.78, 5) is 11.7. The number of aliphatic hydroxyl groups is 1. The van der Waals surface area contributed by atoms with E-state index in [1.54, 1.807) is 7.05 Å². The molecule has 0 saturated heterocycles. The molecule has 1 radical (unpaired) electrons. The van der Waals surface area contributed by atoms with E-state index >= 15 is 0 Å². The number of aromatic nitrogens is 2. The molecule has 4 N–H and O–H groups in total. The maximum atomic E-state index is 11.7. The number of amides is 1. The summed E-state index contributed by atoms with van der Waals surface area (Å²) in [5, 5.41) is 16.2. The zero-order valence-corrected chi connectivity index (χ0v) is 11.3. The van der Waals surface area contributed by atoms with Crippen molar-refractivity contribution in [1.29, 1.82) is 0 Å². The quantitative estimate of drug-likeness (QED) is 0.744. The van der Waals surface area contributed by atoms with E-state index in [2.05, 4.69) is 10.4 Å². The van der Waals surface area contributed by atoms with Crippen molar-refractivity contribution >= 4 is 17.4 Å². The second-order valence-electron chi connectivity index (χ2n) is 5.38. The van der Waals surface area contributed by atoms with Crippen LogP contribution in [0.1, 0.15) is 27.2 Å². The fraction of sp³-hybridized carbons (Fsp3) is 0.583. The molecule has 1 aromatic heterocycles. The van der Waals surface area contributed by atoms with Gasteiger partial charge in [0.2, 0.25) is 0 Å². The molecule has 101 valence electrons. The van der Waals surface area contributed by atoms with Crippen LogP contribution < -0.4 is 11.1 Å². The highest BCUT2D eigenvalue weighted by Crippen LogP contribution is 2.21. The first-order valence-electron chi connectivity index (χ1n) is 5.81. The zero-order chi connectivity index (χ0) is 13.9. The van der Waals surface area contributed by atoms with Gasteiger partial charge in [-0.3, -0.25) is 9.48 Å². The zero-order valence-electron chi connectivity index (χ0n) is 11.3. The molecule has 0 spiro atoms. The Hall–Kier alpha value is -1.56. The predicted molar refractivity (Wildman–Crippen MR) is 70.6 cm³/mol. The molecule has 0 fully saturated rings. The number of carbonyl (C=O) groups is 1. The van der Waals surface area contributed by atoms with Gasteiger partial charge in [-0.25, -0.2) is 0 Å². The number of hydrogen-bond acceptors (Lipinski definition) is 4. The summed E-state index contributed by atoms with van der Waals surface area (Å²) in [5.41, 5.74) is 6.07. The molecule has 6 nitrogen and oxygen atoms in total. The van der Waals surface area contributed by atoms with E-state index in [0.29, 0.717) is 17.9 Å². The number of rotatable bonds is 4. The largest absolute Gasteiger partial charge is 0.383 e. The summed E-state index contributed by atoms with van der Waals surface area (Å²) in [6, 6.07) is 0. The van der Waals surface area contributed by atoms with Gasteiger partial charge >= 0.3 is 0 Å². The van der Waals surface area contributed by atoms with Gasteiger partial charge in [0.15, 0.2) is 0 Å². The molecule has 1 amide bonds. The molecule has 0 aliphatic carbocycles. The van der Waals surface area contributed by atoms with Crippen molar-refractivity contribution in [3.8, 4) is 0 Å². The van der Waals surface area contributed by atoms with Crippen LogP contribution in [0.25, 0.3) is 0 Å². The lowest BCUT2D eigenvalue weighted by Gasteiger charge is -2.19. The first-order valence-corrected chi connectivity index (χ1v) is 5.81. The number of aliphatic hydroxyl groups excluding tert-OH is 1. The van der Waals surface area contributed by atoms with Gasteiger partial charge in [0.05, 0.1) is 6.20 Å². The molecule has 1 heterocycles. The molecule has 0 aromatic carbocycles. The van der Waals surface area contributed by atoms with E-state index in [-0.39, 0.29) is 5.41 Å². The molecular formula is C12H21N4O2. The Morgan fingerprint density at radius 3 is 2.72 bits per heavy atom. The molecule has 6 heteroatoms. The van der Waals surface area contributed by atoms with Crippen molar-refractivity contribution in [2.75, 3.05) is 11.1 Å². The van der Waals surface area contributed by atoms with Crippen LogP contribution in [0.15, 0.2) is 6.20 Å². The number of nitrogen functional groups attached to an aromatic ring is 1. The van der Waals surface area contributed by atoms with E-state index in [1.165, 1.54) is 10.9 Å². The Bertz CT molecular complexity index is 420. The molecule has 0 bridgehead atoms. The standard InChI is InChI=1S/C12H21N4O2/c1-12(2,3)6-5-9(17)11(18)15-8-7-14-16(4)10(8)13/h6-7,9,17H,5,13H2,1-4H3,(H,15,18)/t9-/m0/s1. The first-order chi connectivity index (χ1) is 8.20. The van der Waals surface area contributed by atoms with Crippen LogP contribution >= 0.6 is 0 Å². The van der Waals surface area contributed by atoms with Gasteiger partial charge in [-0.15, -0.1) is 0 Å². The Morgan fingerprint density at radius 2 is 2.28 bits per heavy atom. The van der Waals surface area contributed by atoms with Gasteiger partial charge in [0.1, 0.15) is 17.6 Å². The Balaban J connectivity index is 2.53. The molecule has 0 aliphatic heterocycles. The van der Waals surface area contributed by atoms with Gasteiger partial charge in [0, 0.05) is 7.05 Å². The number of aryl methyl sites for hydroxylation is 1. The molecule has 0 aliphatic rings. The van der Waals surface area contributed by atoms with E-state index in [4.69, 9.17) is 5.73 Å². The summed E-state index contributed by atoms with van der Waals surface area (Å²) in [5.74, 6) is -0.120. The normalized spacial score (nSPS) is 13.4. The monoisotopic (exact) mass is 253 g/mol. The maximum Gasteiger partial charge on any atom is 0.253 e. The third-order valence-electron chi connectivity index (χ3n) is 2.50.